The van der Waals surface area contributed by atoms with Crippen molar-refractivity contribution in [1.82, 2.24) is 29.4 Å². The van der Waals surface area contributed by atoms with Crippen molar-refractivity contribution in [3.8, 4) is 0 Å². The third-order valence-corrected chi connectivity index (χ3v) is 8.52. The van der Waals surface area contributed by atoms with E-state index in [1.54, 1.807) is 20.5 Å². The minimum absolute atomic E-state index is 0.208. The number of aromatic nitrogens is 5. The summed E-state index contributed by atoms with van der Waals surface area (Å²) in [7, 11) is 0.637. The van der Waals surface area contributed by atoms with Crippen LogP contribution in [0.4, 0.5) is 11.5 Å². The Morgan fingerprint density at radius 3 is 2.68 bits per heavy atom. The molecule has 0 unspecified atom stereocenters. The SMILES string of the molecule is Cc1cc([C@H]2CC[C@H](C)CN2C(=O)C(=O)Nc2cnc(N)c3cnn(COCC[Si](C)(C)C)c23)n(C)n1. The van der Waals surface area contributed by atoms with Crippen molar-refractivity contribution in [1.29, 1.82) is 0 Å². The molecule has 1 aliphatic heterocycles. The number of nitrogens with two attached hydrogens (primary N) is 1. The molecule has 0 bridgehead atoms. The van der Waals surface area contributed by atoms with E-state index in [1.807, 2.05) is 20.0 Å². The second-order valence-corrected chi connectivity index (χ2v) is 16.9. The van der Waals surface area contributed by atoms with E-state index >= 15 is 0 Å². The molecule has 0 aliphatic carbocycles. The van der Waals surface area contributed by atoms with E-state index in [1.165, 1.54) is 6.20 Å². The number of anilines is 2. The van der Waals surface area contributed by atoms with Crippen LogP contribution in [0.5, 0.6) is 0 Å². The van der Waals surface area contributed by atoms with E-state index in [0.717, 1.165) is 30.3 Å². The maximum absolute atomic E-state index is 13.5. The van der Waals surface area contributed by atoms with Crippen LogP contribution in [-0.2, 0) is 28.1 Å². The summed E-state index contributed by atoms with van der Waals surface area (Å²) in [5.74, 6) is -0.720. The molecule has 3 aromatic rings. The number of carbonyl (C=O) groups excluding carboxylic acids is 2. The molecule has 11 nitrogen and oxygen atoms in total. The maximum Gasteiger partial charge on any atom is 0.314 e. The number of rotatable bonds is 7. The molecule has 4 heterocycles. The van der Waals surface area contributed by atoms with Gasteiger partial charge in [0.15, 0.2) is 0 Å². The lowest BCUT2D eigenvalue weighted by atomic mass is 9.92. The molecule has 1 fully saturated rings. The molecule has 0 saturated carbocycles. The number of carbonyl (C=O) groups is 2. The van der Waals surface area contributed by atoms with Gasteiger partial charge in [-0.05, 0) is 37.8 Å². The fourth-order valence-corrected chi connectivity index (χ4v) is 5.53. The molecule has 3 aromatic heterocycles. The first-order valence-electron chi connectivity index (χ1n) is 12.7. The van der Waals surface area contributed by atoms with Gasteiger partial charge in [0.2, 0.25) is 0 Å². The van der Waals surface area contributed by atoms with Crippen LogP contribution in [0.1, 0.15) is 37.2 Å². The van der Waals surface area contributed by atoms with Crippen LogP contribution in [0, 0.1) is 12.8 Å². The number of nitrogens with one attached hydrogen (secondary N) is 1. The summed E-state index contributed by atoms with van der Waals surface area (Å²) in [5, 5.41) is 12.2. The van der Waals surface area contributed by atoms with Gasteiger partial charge in [0, 0.05) is 28.3 Å². The van der Waals surface area contributed by atoms with Gasteiger partial charge in [0.05, 0.1) is 46.4 Å². The van der Waals surface area contributed by atoms with Gasteiger partial charge in [-0.15, -0.1) is 0 Å². The predicted octanol–water partition coefficient (Wildman–Crippen LogP) is 3.31. The van der Waals surface area contributed by atoms with Gasteiger partial charge in [0.1, 0.15) is 12.5 Å². The van der Waals surface area contributed by atoms with E-state index in [-0.39, 0.29) is 12.8 Å². The Bertz CT molecular complexity index is 1300. The Morgan fingerprint density at radius 2 is 2.00 bits per heavy atom. The van der Waals surface area contributed by atoms with Crippen LogP contribution in [0.25, 0.3) is 10.9 Å². The van der Waals surface area contributed by atoms with Gasteiger partial charge in [-0.2, -0.15) is 10.2 Å². The fourth-order valence-electron chi connectivity index (χ4n) is 4.77. The average Bonchev–Trinajstić information content (AvgIpc) is 3.40. The van der Waals surface area contributed by atoms with Crippen molar-refractivity contribution in [2.24, 2.45) is 13.0 Å². The van der Waals surface area contributed by atoms with Crippen LogP contribution in [0.2, 0.25) is 25.7 Å². The zero-order chi connectivity index (χ0) is 26.9. The molecule has 2 amide bonds. The van der Waals surface area contributed by atoms with Gasteiger partial charge in [0.25, 0.3) is 0 Å². The molecule has 0 radical (unpaired) electrons. The first-order valence-corrected chi connectivity index (χ1v) is 16.5. The first-order chi connectivity index (χ1) is 17.4. The molecule has 0 spiro atoms. The van der Waals surface area contributed by atoms with Gasteiger partial charge >= 0.3 is 11.8 Å². The number of aryl methyl sites for hydroxylation is 2. The molecule has 200 valence electrons. The topological polar surface area (TPSA) is 133 Å². The van der Waals surface area contributed by atoms with Crippen LogP contribution < -0.4 is 11.1 Å². The van der Waals surface area contributed by atoms with Gasteiger partial charge in [-0.25, -0.2) is 9.67 Å². The standard InChI is InChI=1S/C25H38N8O3Si/c1-16-7-8-20(21-11-17(2)30-31(21)3)32(14-16)25(35)24(34)29-19-13-27-23(26)18-12-28-33(22(18)19)15-36-9-10-37(4,5)6/h11-13,16,20H,7-10,14-15H2,1-6H3,(H2,26,27)(H,29,34)/t16-,20+/m0/s1. The number of hydrogen-bond acceptors (Lipinski definition) is 7. The van der Waals surface area contributed by atoms with Crippen LogP contribution in [0.15, 0.2) is 18.5 Å². The highest BCUT2D eigenvalue weighted by atomic mass is 28.3. The van der Waals surface area contributed by atoms with Crippen molar-refractivity contribution < 1.29 is 14.3 Å². The van der Waals surface area contributed by atoms with Crippen LogP contribution >= 0.6 is 0 Å². The van der Waals surface area contributed by atoms with E-state index in [0.29, 0.717) is 41.5 Å². The average molecular weight is 527 g/mol. The molecule has 0 aromatic carbocycles. The highest BCUT2D eigenvalue weighted by Gasteiger charge is 2.36. The summed E-state index contributed by atoms with van der Waals surface area (Å²) in [6, 6.07) is 2.79. The van der Waals surface area contributed by atoms with Crippen molar-refractivity contribution >= 4 is 42.3 Å². The Balaban J connectivity index is 1.55. The third kappa shape index (κ3) is 6.01. The monoisotopic (exact) mass is 526 g/mol. The fraction of sp³-hybridized carbons (Fsp3) is 0.560. The molecular weight excluding hydrogens is 488 g/mol. The number of ether oxygens (including phenoxy) is 1. The lowest BCUT2D eigenvalue weighted by Crippen LogP contribution is -2.47. The molecular formula is C25H38N8O3Si. The maximum atomic E-state index is 13.5. The summed E-state index contributed by atoms with van der Waals surface area (Å²) in [4.78, 5) is 32.6. The second-order valence-electron chi connectivity index (χ2n) is 11.3. The van der Waals surface area contributed by atoms with E-state index < -0.39 is 19.9 Å². The summed E-state index contributed by atoms with van der Waals surface area (Å²) < 4.78 is 9.31. The smallest absolute Gasteiger partial charge is 0.314 e. The number of nitrogen functional groups attached to an aromatic ring is 1. The number of pyridine rings is 1. The largest absolute Gasteiger partial charge is 0.383 e. The summed E-state index contributed by atoms with van der Waals surface area (Å²) in [6.07, 6.45) is 4.81. The Morgan fingerprint density at radius 1 is 1.24 bits per heavy atom. The molecule has 1 saturated heterocycles. The first kappa shape index (κ1) is 26.8. The van der Waals surface area contributed by atoms with Crippen LogP contribution in [0.3, 0.4) is 0 Å². The Kier molecular flexibility index (Phi) is 7.69. The highest BCUT2D eigenvalue weighted by Crippen LogP contribution is 2.34. The van der Waals surface area contributed by atoms with Crippen LogP contribution in [-0.4, -0.2) is 62.5 Å². The van der Waals surface area contributed by atoms with Gasteiger partial charge < -0.3 is 20.7 Å². The van der Waals surface area contributed by atoms with E-state index in [2.05, 4.69) is 47.1 Å². The number of likely N-dealkylation sites (tertiary alicyclic amines) is 1. The Hall–Kier alpha value is -3.25. The summed E-state index contributed by atoms with van der Waals surface area (Å²) >= 11 is 0. The second kappa shape index (κ2) is 10.6. The lowest BCUT2D eigenvalue weighted by molar-refractivity contribution is -0.146. The molecule has 2 atom stereocenters. The quantitative estimate of drug-likeness (QED) is 0.274. The molecule has 4 rings (SSSR count). The number of fused-ring (bicyclic) bond motifs is 1. The summed E-state index contributed by atoms with van der Waals surface area (Å²) in [5.41, 5.74) is 8.82. The molecule has 12 heteroatoms. The van der Waals surface area contributed by atoms with Crippen molar-refractivity contribution in [2.45, 2.75) is 65.1 Å². The number of hydrogen-bond donors (Lipinski definition) is 2. The Labute approximate surface area is 218 Å². The highest BCUT2D eigenvalue weighted by molar-refractivity contribution is 6.76. The van der Waals surface area contributed by atoms with Crippen molar-refractivity contribution in [2.75, 3.05) is 24.2 Å². The summed E-state index contributed by atoms with van der Waals surface area (Å²) in [6.45, 7) is 12.2. The number of nitrogens with zero attached hydrogens (tertiary/aromatic N) is 6. The number of piperidine rings is 1. The van der Waals surface area contributed by atoms with E-state index in [9.17, 15) is 9.59 Å². The zero-order valence-electron chi connectivity index (χ0n) is 22.6. The third-order valence-electron chi connectivity index (χ3n) is 6.81. The van der Waals surface area contributed by atoms with E-state index in [4.69, 9.17) is 10.5 Å². The molecule has 3 N–H and O–H groups in total. The molecule has 37 heavy (non-hydrogen) atoms. The molecule has 1 aliphatic rings. The minimum Gasteiger partial charge on any atom is -0.383 e. The van der Waals surface area contributed by atoms with Crippen molar-refractivity contribution in [3.63, 3.8) is 0 Å². The number of amides is 2. The van der Waals surface area contributed by atoms with Gasteiger partial charge in [-0.3, -0.25) is 14.3 Å². The predicted molar refractivity (Wildman–Crippen MR) is 145 cm³/mol. The van der Waals surface area contributed by atoms with Crippen molar-refractivity contribution in [3.05, 3.63) is 29.8 Å². The zero-order valence-corrected chi connectivity index (χ0v) is 23.6. The minimum atomic E-state index is -1.23. The van der Waals surface area contributed by atoms with Gasteiger partial charge in [-0.1, -0.05) is 26.6 Å². The normalized spacial score (nSPS) is 18.4. The lowest BCUT2D eigenvalue weighted by Gasteiger charge is -2.38.